The predicted octanol–water partition coefficient (Wildman–Crippen LogP) is 0.813. The van der Waals surface area contributed by atoms with Gasteiger partial charge in [0.05, 0.1) is 6.07 Å². The fraction of sp³-hybridized carbons (Fsp3) is 0.750. The van der Waals surface area contributed by atoms with E-state index in [1.807, 2.05) is 13.0 Å². The number of amides is 2. The van der Waals surface area contributed by atoms with Crippen LogP contribution in [0.1, 0.15) is 34.1 Å². The van der Waals surface area contributed by atoms with Crippen molar-refractivity contribution < 1.29 is 9.59 Å². The SMILES string of the molecule is CCCNC(=O)C(C)NC(=O)C(C#N)C(C)C. The highest BCUT2D eigenvalue weighted by atomic mass is 16.2. The Morgan fingerprint density at radius 2 is 1.82 bits per heavy atom. The lowest BCUT2D eigenvalue weighted by atomic mass is 9.96. The number of rotatable bonds is 6. The van der Waals surface area contributed by atoms with Crippen LogP contribution in [0.2, 0.25) is 0 Å². The Kier molecular flexibility index (Phi) is 6.95. The third kappa shape index (κ3) is 5.34. The van der Waals surface area contributed by atoms with Gasteiger partial charge in [0, 0.05) is 6.54 Å². The van der Waals surface area contributed by atoms with E-state index >= 15 is 0 Å². The summed E-state index contributed by atoms with van der Waals surface area (Å²) in [6, 6.07) is 1.34. The van der Waals surface area contributed by atoms with E-state index < -0.39 is 12.0 Å². The summed E-state index contributed by atoms with van der Waals surface area (Å²) in [6.45, 7) is 7.75. The number of carbonyl (C=O) groups is 2. The number of hydrogen-bond donors (Lipinski definition) is 2. The van der Waals surface area contributed by atoms with Crippen LogP contribution in [-0.4, -0.2) is 24.4 Å². The van der Waals surface area contributed by atoms with Crippen molar-refractivity contribution in [2.75, 3.05) is 6.54 Å². The molecule has 2 amide bonds. The Morgan fingerprint density at radius 1 is 1.24 bits per heavy atom. The van der Waals surface area contributed by atoms with Crippen LogP contribution in [0.3, 0.4) is 0 Å². The number of hydrogen-bond acceptors (Lipinski definition) is 3. The van der Waals surface area contributed by atoms with Crippen molar-refractivity contribution in [1.82, 2.24) is 10.6 Å². The van der Waals surface area contributed by atoms with Crippen molar-refractivity contribution >= 4 is 11.8 Å². The van der Waals surface area contributed by atoms with Gasteiger partial charge in [-0.05, 0) is 19.3 Å². The predicted molar refractivity (Wildman–Crippen MR) is 64.8 cm³/mol. The third-order valence-corrected chi connectivity index (χ3v) is 2.39. The normalized spacial score (nSPS) is 13.6. The Labute approximate surface area is 103 Å². The highest BCUT2D eigenvalue weighted by Gasteiger charge is 2.24. The van der Waals surface area contributed by atoms with E-state index in [0.29, 0.717) is 6.54 Å². The summed E-state index contributed by atoms with van der Waals surface area (Å²) in [4.78, 5) is 23.2. The molecule has 5 heteroatoms. The zero-order chi connectivity index (χ0) is 13.4. The Hall–Kier alpha value is -1.57. The first-order valence-corrected chi connectivity index (χ1v) is 5.91. The molecule has 0 aromatic carbocycles. The van der Waals surface area contributed by atoms with Crippen molar-refractivity contribution in [3.8, 4) is 6.07 Å². The Morgan fingerprint density at radius 3 is 2.24 bits per heavy atom. The molecule has 0 aromatic rings. The van der Waals surface area contributed by atoms with Crippen LogP contribution in [0.15, 0.2) is 0 Å². The number of nitriles is 1. The molecule has 96 valence electrons. The lowest BCUT2D eigenvalue weighted by Gasteiger charge is -2.17. The minimum Gasteiger partial charge on any atom is -0.354 e. The highest BCUT2D eigenvalue weighted by molar-refractivity contribution is 5.89. The number of carbonyl (C=O) groups excluding carboxylic acids is 2. The smallest absolute Gasteiger partial charge is 0.242 e. The molecule has 0 heterocycles. The molecule has 17 heavy (non-hydrogen) atoms. The summed E-state index contributed by atoms with van der Waals surface area (Å²) in [6.07, 6.45) is 0.846. The summed E-state index contributed by atoms with van der Waals surface area (Å²) in [7, 11) is 0. The van der Waals surface area contributed by atoms with E-state index in [1.165, 1.54) is 0 Å². The largest absolute Gasteiger partial charge is 0.354 e. The monoisotopic (exact) mass is 239 g/mol. The van der Waals surface area contributed by atoms with Gasteiger partial charge in [-0.3, -0.25) is 9.59 Å². The van der Waals surface area contributed by atoms with Crippen LogP contribution in [0.4, 0.5) is 0 Å². The lowest BCUT2D eigenvalue weighted by Crippen LogP contribution is -2.47. The fourth-order valence-corrected chi connectivity index (χ4v) is 1.28. The molecule has 2 atom stereocenters. The molecular weight excluding hydrogens is 218 g/mol. The molecule has 2 N–H and O–H groups in total. The molecule has 0 saturated heterocycles. The van der Waals surface area contributed by atoms with Gasteiger partial charge in [0.25, 0.3) is 0 Å². The van der Waals surface area contributed by atoms with Gasteiger partial charge in [-0.1, -0.05) is 20.8 Å². The van der Waals surface area contributed by atoms with Gasteiger partial charge in [-0.25, -0.2) is 0 Å². The van der Waals surface area contributed by atoms with Crippen molar-refractivity contribution in [2.45, 2.75) is 40.2 Å². The first-order chi connectivity index (χ1) is 7.93. The summed E-state index contributed by atoms with van der Waals surface area (Å²) in [5.74, 6) is -1.38. The minimum absolute atomic E-state index is 0.0640. The second-order valence-electron chi connectivity index (χ2n) is 4.37. The molecule has 2 unspecified atom stereocenters. The summed E-state index contributed by atoms with van der Waals surface area (Å²) in [5.41, 5.74) is 0. The molecule has 0 aliphatic carbocycles. The molecule has 0 radical (unpaired) electrons. The zero-order valence-electron chi connectivity index (χ0n) is 10.9. The van der Waals surface area contributed by atoms with Crippen molar-refractivity contribution in [3.63, 3.8) is 0 Å². The van der Waals surface area contributed by atoms with Gasteiger partial charge >= 0.3 is 0 Å². The zero-order valence-corrected chi connectivity index (χ0v) is 10.9. The standard InChI is InChI=1S/C12H21N3O2/c1-5-6-14-11(16)9(4)15-12(17)10(7-13)8(2)3/h8-10H,5-6H2,1-4H3,(H,14,16)(H,15,17). The number of nitrogens with one attached hydrogen (secondary N) is 2. The van der Waals surface area contributed by atoms with Crippen LogP contribution in [0.5, 0.6) is 0 Å². The van der Waals surface area contributed by atoms with Crippen LogP contribution in [-0.2, 0) is 9.59 Å². The van der Waals surface area contributed by atoms with Gasteiger partial charge in [0.1, 0.15) is 12.0 Å². The first-order valence-electron chi connectivity index (χ1n) is 5.91. The highest BCUT2D eigenvalue weighted by Crippen LogP contribution is 2.09. The molecule has 0 aliphatic heterocycles. The molecule has 5 nitrogen and oxygen atoms in total. The maximum Gasteiger partial charge on any atom is 0.242 e. The minimum atomic E-state index is -0.712. The molecular formula is C12H21N3O2. The maximum atomic E-state index is 11.7. The molecule has 0 aromatic heterocycles. The first kappa shape index (κ1) is 15.4. The Balaban J connectivity index is 4.29. The van der Waals surface area contributed by atoms with E-state index in [2.05, 4.69) is 10.6 Å². The van der Waals surface area contributed by atoms with Crippen molar-refractivity contribution in [1.29, 1.82) is 5.26 Å². The Bertz CT molecular complexity index is 307. The summed E-state index contributed by atoms with van der Waals surface area (Å²) < 4.78 is 0. The maximum absolute atomic E-state index is 11.7. The fourth-order valence-electron chi connectivity index (χ4n) is 1.28. The molecule has 0 spiro atoms. The quantitative estimate of drug-likeness (QED) is 0.719. The third-order valence-electron chi connectivity index (χ3n) is 2.39. The van der Waals surface area contributed by atoms with Crippen molar-refractivity contribution in [2.24, 2.45) is 11.8 Å². The summed E-state index contributed by atoms with van der Waals surface area (Å²) in [5, 5.41) is 14.1. The molecule has 0 bridgehead atoms. The lowest BCUT2D eigenvalue weighted by molar-refractivity contribution is -0.130. The second-order valence-corrected chi connectivity index (χ2v) is 4.37. The average molecular weight is 239 g/mol. The second kappa shape index (κ2) is 7.66. The van der Waals surface area contributed by atoms with E-state index in [0.717, 1.165) is 6.42 Å². The average Bonchev–Trinajstić information content (AvgIpc) is 2.25. The van der Waals surface area contributed by atoms with Gasteiger partial charge in [-0.2, -0.15) is 5.26 Å². The van der Waals surface area contributed by atoms with Crippen LogP contribution in [0.25, 0.3) is 0 Å². The van der Waals surface area contributed by atoms with Crippen LogP contribution < -0.4 is 10.6 Å². The van der Waals surface area contributed by atoms with Gasteiger partial charge in [0.2, 0.25) is 11.8 Å². The van der Waals surface area contributed by atoms with Gasteiger partial charge < -0.3 is 10.6 Å². The topological polar surface area (TPSA) is 82.0 Å². The number of nitrogens with zero attached hydrogens (tertiary/aromatic N) is 1. The van der Waals surface area contributed by atoms with E-state index in [1.54, 1.807) is 20.8 Å². The van der Waals surface area contributed by atoms with Gasteiger partial charge in [0.15, 0.2) is 0 Å². The molecule has 0 fully saturated rings. The molecule has 0 rings (SSSR count). The summed E-state index contributed by atoms with van der Waals surface area (Å²) >= 11 is 0. The van der Waals surface area contributed by atoms with Crippen LogP contribution in [0, 0.1) is 23.2 Å². The van der Waals surface area contributed by atoms with Crippen LogP contribution >= 0.6 is 0 Å². The van der Waals surface area contributed by atoms with Gasteiger partial charge in [-0.15, -0.1) is 0 Å². The molecule has 0 saturated carbocycles. The molecule has 0 aliphatic rings. The van der Waals surface area contributed by atoms with E-state index in [9.17, 15) is 9.59 Å². The van der Waals surface area contributed by atoms with E-state index in [-0.39, 0.29) is 17.7 Å². The van der Waals surface area contributed by atoms with Crippen molar-refractivity contribution in [3.05, 3.63) is 0 Å². The van der Waals surface area contributed by atoms with E-state index in [4.69, 9.17) is 5.26 Å².